The summed E-state index contributed by atoms with van der Waals surface area (Å²) in [7, 11) is 0. The smallest absolute Gasteiger partial charge is 0.0669 e. The number of nitrogens with one attached hydrogen (secondary N) is 1. The van der Waals surface area contributed by atoms with Gasteiger partial charge in [-0.15, -0.1) is 0 Å². The Hall–Kier alpha value is -0.830. The highest BCUT2D eigenvalue weighted by atomic mass is 15.3. The van der Waals surface area contributed by atoms with Gasteiger partial charge >= 0.3 is 0 Å². The zero-order chi connectivity index (χ0) is 15.9. The third-order valence-corrected chi connectivity index (χ3v) is 3.94. The molecular weight excluding hydrogens is 258 g/mol. The van der Waals surface area contributed by atoms with E-state index in [1.807, 2.05) is 0 Å². The zero-order valence-corrected chi connectivity index (χ0v) is 15.1. The first-order valence-corrected chi connectivity index (χ1v) is 8.75. The van der Waals surface area contributed by atoms with E-state index >= 15 is 0 Å². The molecule has 0 amide bonds. The lowest BCUT2D eigenvalue weighted by atomic mass is 10.1. The van der Waals surface area contributed by atoms with E-state index in [-0.39, 0.29) is 5.54 Å². The minimum Gasteiger partial charge on any atom is -0.308 e. The van der Waals surface area contributed by atoms with Crippen LogP contribution in [0.1, 0.15) is 84.2 Å². The van der Waals surface area contributed by atoms with Crippen molar-refractivity contribution in [3.8, 4) is 0 Å². The van der Waals surface area contributed by atoms with Crippen molar-refractivity contribution < 1.29 is 0 Å². The number of unbranched alkanes of at least 4 members (excludes halogenated alkanes) is 3. The summed E-state index contributed by atoms with van der Waals surface area (Å²) in [6.45, 7) is 15.4. The topological polar surface area (TPSA) is 29.9 Å². The van der Waals surface area contributed by atoms with E-state index in [9.17, 15) is 0 Å². The Bertz CT molecular complexity index is 413. The van der Waals surface area contributed by atoms with Crippen LogP contribution in [0.5, 0.6) is 0 Å². The molecule has 0 aliphatic heterocycles. The lowest BCUT2D eigenvalue weighted by Gasteiger charge is -2.21. The first kappa shape index (κ1) is 18.2. The van der Waals surface area contributed by atoms with E-state index < -0.39 is 0 Å². The normalized spacial score (nSPS) is 12.1. The van der Waals surface area contributed by atoms with Gasteiger partial charge in [0.2, 0.25) is 0 Å². The summed E-state index contributed by atoms with van der Waals surface area (Å²) in [6.07, 6.45) is 7.29. The number of aryl methyl sites for hydroxylation is 2. The summed E-state index contributed by atoms with van der Waals surface area (Å²) in [5, 5.41) is 8.50. The van der Waals surface area contributed by atoms with Crippen molar-refractivity contribution in [1.29, 1.82) is 0 Å². The molecule has 1 heterocycles. The van der Waals surface area contributed by atoms with E-state index in [0.717, 1.165) is 25.9 Å². The second-order valence-corrected chi connectivity index (χ2v) is 6.97. The molecule has 0 unspecified atom stereocenters. The largest absolute Gasteiger partial charge is 0.308 e. The van der Waals surface area contributed by atoms with Gasteiger partial charge in [0.1, 0.15) is 0 Å². The predicted octanol–water partition coefficient (Wildman–Crippen LogP) is 4.48. The monoisotopic (exact) mass is 293 g/mol. The van der Waals surface area contributed by atoms with Gasteiger partial charge in [-0.3, -0.25) is 4.68 Å². The van der Waals surface area contributed by atoms with Crippen LogP contribution < -0.4 is 5.32 Å². The highest BCUT2D eigenvalue weighted by molar-refractivity contribution is 5.27. The molecule has 122 valence electrons. The van der Waals surface area contributed by atoms with Crippen molar-refractivity contribution in [2.75, 3.05) is 0 Å². The summed E-state index contributed by atoms with van der Waals surface area (Å²) in [5.74, 6) is 0. The standard InChI is InChI=1S/C18H35N3/c1-7-10-11-12-13-21-17(9-3)15(16(8-2)20-21)14-19-18(4,5)6/h19H,7-14H2,1-6H3. The molecule has 0 saturated carbocycles. The van der Waals surface area contributed by atoms with Crippen LogP contribution in [-0.2, 0) is 25.9 Å². The Balaban J connectivity index is 2.82. The van der Waals surface area contributed by atoms with Crippen molar-refractivity contribution in [2.45, 2.75) is 98.7 Å². The molecule has 0 fully saturated rings. The average Bonchev–Trinajstić information content (AvgIpc) is 2.77. The fourth-order valence-electron chi connectivity index (χ4n) is 2.70. The molecule has 0 aliphatic carbocycles. The minimum atomic E-state index is 0.152. The van der Waals surface area contributed by atoms with Crippen molar-refractivity contribution in [3.63, 3.8) is 0 Å². The maximum absolute atomic E-state index is 4.87. The lowest BCUT2D eigenvalue weighted by Crippen LogP contribution is -2.35. The molecule has 0 saturated heterocycles. The van der Waals surface area contributed by atoms with Gasteiger partial charge < -0.3 is 5.32 Å². The Morgan fingerprint density at radius 1 is 1.00 bits per heavy atom. The molecule has 0 bridgehead atoms. The Kier molecular flexibility index (Phi) is 7.44. The molecule has 1 aromatic heterocycles. The van der Waals surface area contributed by atoms with Crippen LogP contribution >= 0.6 is 0 Å². The predicted molar refractivity (Wildman–Crippen MR) is 91.7 cm³/mol. The number of hydrogen-bond acceptors (Lipinski definition) is 2. The van der Waals surface area contributed by atoms with Crippen molar-refractivity contribution in [3.05, 3.63) is 17.0 Å². The van der Waals surface area contributed by atoms with Gasteiger partial charge in [0, 0.05) is 29.9 Å². The van der Waals surface area contributed by atoms with E-state index in [2.05, 4.69) is 51.5 Å². The molecule has 1 rings (SSSR count). The second-order valence-electron chi connectivity index (χ2n) is 6.97. The van der Waals surface area contributed by atoms with Gasteiger partial charge in [-0.1, -0.05) is 40.0 Å². The first-order valence-electron chi connectivity index (χ1n) is 8.75. The maximum atomic E-state index is 4.87. The van der Waals surface area contributed by atoms with Gasteiger partial charge in [-0.05, 0) is 40.0 Å². The molecule has 0 radical (unpaired) electrons. The second kappa shape index (κ2) is 8.57. The third kappa shape index (κ3) is 5.82. The van der Waals surface area contributed by atoms with Gasteiger partial charge in [0.05, 0.1) is 5.69 Å². The van der Waals surface area contributed by atoms with Gasteiger partial charge in [0.25, 0.3) is 0 Å². The molecule has 0 aromatic carbocycles. The first-order chi connectivity index (χ1) is 9.92. The fourth-order valence-corrected chi connectivity index (χ4v) is 2.70. The third-order valence-electron chi connectivity index (χ3n) is 3.94. The van der Waals surface area contributed by atoms with Crippen molar-refractivity contribution in [2.24, 2.45) is 0 Å². The summed E-state index contributed by atoms with van der Waals surface area (Å²) in [6, 6.07) is 0. The molecule has 0 spiro atoms. The van der Waals surface area contributed by atoms with Crippen LogP contribution in [0, 0.1) is 0 Å². The molecule has 1 N–H and O–H groups in total. The summed E-state index contributed by atoms with van der Waals surface area (Å²) < 4.78 is 2.27. The average molecular weight is 293 g/mol. The van der Waals surface area contributed by atoms with Gasteiger partial charge in [-0.25, -0.2) is 0 Å². The molecule has 1 aromatic rings. The van der Waals surface area contributed by atoms with Crippen LogP contribution in [0.3, 0.4) is 0 Å². The van der Waals surface area contributed by atoms with Gasteiger partial charge in [-0.2, -0.15) is 5.10 Å². The zero-order valence-electron chi connectivity index (χ0n) is 15.1. The quantitative estimate of drug-likeness (QED) is 0.680. The Morgan fingerprint density at radius 3 is 2.24 bits per heavy atom. The number of hydrogen-bond donors (Lipinski definition) is 1. The Labute approximate surface area is 131 Å². The van der Waals surface area contributed by atoms with Crippen LogP contribution in [0.4, 0.5) is 0 Å². The van der Waals surface area contributed by atoms with Crippen LogP contribution in [0.15, 0.2) is 0 Å². The maximum Gasteiger partial charge on any atom is 0.0669 e. The van der Waals surface area contributed by atoms with E-state index in [4.69, 9.17) is 5.10 Å². The molecule has 0 aliphatic rings. The molecule has 3 nitrogen and oxygen atoms in total. The van der Waals surface area contributed by atoms with Gasteiger partial charge in [0.15, 0.2) is 0 Å². The fraction of sp³-hybridized carbons (Fsp3) is 0.833. The summed E-state index contributed by atoms with van der Waals surface area (Å²) >= 11 is 0. The summed E-state index contributed by atoms with van der Waals surface area (Å²) in [4.78, 5) is 0. The Morgan fingerprint density at radius 2 is 1.71 bits per heavy atom. The van der Waals surface area contributed by atoms with Crippen LogP contribution in [0.25, 0.3) is 0 Å². The molecule has 3 heteroatoms. The lowest BCUT2D eigenvalue weighted by molar-refractivity contribution is 0.422. The highest BCUT2D eigenvalue weighted by Crippen LogP contribution is 2.18. The minimum absolute atomic E-state index is 0.152. The number of rotatable bonds is 9. The molecule has 21 heavy (non-hydrogen) atoms. The van der Waals surface area contributed by atoms with Crippen molar-refractivity contribution >= 4 is 0 Å². The number of nitrogens with zero attached hydrogens (tertiary/aromatic N) is 2. The van der Waals surface area contributed by atoms with E-state index in [1.54, 1.807) is 0 Å². The molecule has 0 atom stereocenters. The summed E-state index contributed by atoms with van der Waals surface area (Å²) in [5.41, 5.74) is 4.30. The van der Waals surface area contributed by atoms with E-state index in [0.29, 0.717) is 0 Å². The van der Waals surface area contributed by atoms with Crippen LogP contribution in [-0.4, -0.2) is 15.3 Å². The number of aromatic nitrogens is 2. The van der Waals surface area contributed by atoms with E-state index in [1.165, 1.54) is 42.6 Å². The van der Waals surface area contributed by atoms with Crippen LogP contribution in [0.2, 0.25) is 0 Å². The highest BCUT2D eigenvalue weighted by Gasteiger charge is 2.17. The molecular formula is C18H35N3. The SMILES string of the molecule is CCCCCCn1nc(CC)c(CNC(C)(C)C)c1CC. The van der Waals surface area contributed by atoms with Crippen molar-refractivity contribution in [1.82, 2.24) is 15.1 Å².